The quantitative estimate of drug-likeness (QED) is 0.640. The summed E-state index contributed by atoms with van der Waals surface area (Å²) in [6.07, 6.45) is 0.579. The maximum absolute atomic E-state index is 12.9. The molecule has 7 nitrogen and oxygen atoms in total. The van der Waals surface area contributed by atoms with Gasteiger partial charge in [-0.15, -0.1) is 0 Å². The molecule has 2 aromatic carbocycles. The fourth-order valence-electron chi connectivity index (χ4n) is 2.54. The van der Waals surface area contributed by atoms with E-state index in [0.717, 1.165) is 5.56 Å². The van der Waals surface area contributed by atoms with Gasteiger partial charge in [-0.3, -0.25) is 4.79 Å². The van der Waals surface area contributed by atoms with Gasteiger partial charge in [-0.1, -0.05) is 12.1 Å². The molecule has 0 saturated carbocycles. The first-order valence-electron chi connectivity index (χ1n) is 8.57. The molecule has 1 amide bonds. The third-order valence-corrected chi connectivity index (χ3v) is 4.02. The van der Waals surface area contributed by atoms with Crippen molar-refractivity contribution in [1.82, 2.24) is 5.32 Å². The maximum atomic E-state index is 12.9. The molecule has 0 saturated heterocycles. The van der Waals surface area contributed by atoms with Gasteiger partial charge in [-0.2, -0.15) is 0 Å². The molecule has 0 radical (unpaired) electrons. The third kappa shape index (κ3) is 5.60. The summed E-state index contributed by atoms with van der Waals surface area (Å²) in [7, 11) is 4.20. The lowest BCUT2D eigenvalue weighted by Crippen LogP contribution is -2.31. The molecule has 0 unspecified atom stereocenters. The Morgan fingerprint density at radius 3 is 2.25 bits per heavy atom. The molecule has 0 fully saturated rings. The maximum Gasteiger partial charge on any atom is 0.340 e. The minimum Gasteiger partial charge on any atom is -0.493 e. The molecule has 8 heteroatoms. The van der Waals surface area contributed by atoms with Gasteiger partial charge in [0, 0.05) is 18.7 Å². The Morgan fingerprint density at radius 2 is 1.64 bits per heavy atom. The summed E-state index contributed by atoms with van der Waals surface area (Å²) in [5.74, 6) is -0.340. The van der Waals surface area contributed by atoms with Crippen LogP contribution in [0.4, 0.5) is 10.1 Å². The highest BCUT2D eigenvalue weighted by molar-refractivity contribution is 5.97. The van der Waals surface area contributed by atoms with E-state index in [9.17, 15) is 14.0 Å². The summed E-state index contributed by atoms with van der Waals surface area (Å²) in [6.45, 7) is 0.352. The number of ether oxygens (including phenoxy) is 3. The second-order valence-electron chi connectivity index (χ2n) is 5.82. The lowest BCUT2D eigenvalue weighted by Gasteiger charge is -2.15. The number of anilines is 1. The van der Waals surface area contributed by atoms with Gasteiger partial charge in [-0.25, -0.2) is 9.18 Å². The van der Waals surface area contributed by atoms with Gasteiger partial charge < -0.3 is 24.8 Å². The lowest BCUT2D eigenvalue weighted by atomic mass is 10.1. The summed E-state index contributed by atoms with van der Waals surface area (Å²) in [6, 6.07) is 9.16. The van der Waals surface area contributed by atoms with E-state index in [2.05, 4.69) is 10.6 Å². The smallest absolute Gasteiger partial charge is 0.340 e. The van der Waals surface area contributed by atoms with Crippen molar-refractivity contribution in [2.75, 3.05) is 39.7 Å². The number of nitrogens with one attached hydrogen (secondary N) is 2. The van der Waals surface area contributed by atoms with Crippen LogP contribution in [0.3, 0.4) is 0 Å². The van der Waals surface area contributed by atoms with E-state index >= 15 is 0 Å². The predicted octanol–water partition coefficient (Wildman–Crippen LogP) is 2.40. The van der Waals surface area contributed by atoms with Crippen LogP contribution in [-0.2, 0) is 16.0 Å². The molecule has 0 spiro atoms. The van der Waals surface area contributed by atoms with Gasteiger partial charge in [0.2, 0.25) is 5.91 Å². The number of amides is 1. The Morgan fingerprint density at radius 1 is 1.00 bits per heavy atom. The number of methoxy groups -OCH3 is 3. The van der Waals surface area contributed by atoms with E-state index in [1.54, 1.807) is 18.2 Å². The van der Waals surface area contributed by atoms with Crippen LogP contribution >= 0.6 is 0 Å². The van der Waals surface area contributed by atoms with Crippen LogP contribution in [0, 0.1) is 5.82 Å². The van der Waals surface area contributed by atoms with E-state index in [4.69, 9.17) is 14.2 Å². The standard InChI is InChI=1S/C20H23FN2O5/c1-26-17-10-15(20(25)28-3)16(11-18(17)27-2)23-12-19(24)22-9-8-13-4-6-14(21)7-5-13/h4-7,10-11,23H,8-9,12H2,1-3H3,(H,22,24). The van der Waals surface area contributed by atoms with Crippen LogP contribution in [0.1, 0.15) is 15.9 Å². The molecular weight excluding hydrogens is 367 g/mol. The van der Waals surface area contributed by atoms with Crippen molar-refractivity contribution >= 4 is 17.6 Å². The first kappa shape index (κ1) is 21.0. The number of rotatable bonds is 9. The van der Waals surface area contributed by atoms with Crippen molar-refractivity contribution in [2.45, 2.75) is 6.42 Å². The molecule has 28 heavy (non-hydrogen) atoms. The van der Waals surface area contributed by atoms with Gasteiger partial charge in [0.05, 0.1) is 39.1 Å². The Hall–Kier alpha value is -3.29. The van der Waals surface area contributed by atoms with Gasteiger partial charge in [0.15, 0.2) is 11.5 Å². The van der Waals surface area contributed by atoms with E-state index in [0.29, 0.717) is 30.2 Å². The average Bonchev–Trinajstić information content (AvgIpc) is 2.72. The molecule has 2 N–H and O–H groups in total. The second-order valence-corrected chi connectivity index (χ2v) is 5.82. The zero-order valence-corrected chi connectivity index (χ0v) is 16.0. The number of halogens is 1. The number of carbonyl (C=O) groups excluding carboxylic acids is 2. The normalized spacial score (nSPS) is 10.1. The molecule has 150 valence electrons. The molecule has 0 heterocycles. The van der Waals surface area contributed by atoms with Crippen molar-refractivity contribution in [3.63, 3.8) is 0 Å². The average molecular weight is 390 g/mol. The summed E-state index contributed by atoms with van der Waals surface area (Å²) >= 11 is 0. The van der Waals surface area contributed by atoms with E-state index in [1.165, 1.54) is 39.5 Å². The van der Waals surface area contributed by atoms with Crippen molar-refractivity contribution in [2.24, 2.45) is 0 Å². The molecule has 0 aliphatic carbocycles. The Balaban J connectivity index is 1.97. The molecule has 0 aromatic heterocycles. The molecule has 0 atom stereocenters. The molecule has 0 bridgehead atoms. The SMILES string of the molecule is COC(=O)c1cc(OC)c(OC)cc1NCC(=O)NCCc1ccc(F)cc1. The largest absolute Gasteiger partial charge is 0.493 e. The van der Waals surface area contributed by atoms with E-state index in [1.807, 2.05) is 0 Å². The number of benzene rings is 2. The fraction of sp³-hybridized carbons (Fsp3) is 0.300. The van der Waals surface area contributed by atoms with Crippen LogP contribution in [-0.4, -0.2) is 46.3 Å². The van der Waals surface area contributed by atoms with Crippen LogP contribution in [0.25, 0.3) is 0 Å². The minimum atomic E-state index is -0.569. The van der Waals surface area contributed by atoms with Gasteiger partial charge >= 0.3 is 5.97 Å². The molecule has 0 aliphatic rings. The number of carbonyl (C=O) groups is 2. The zero-order chi connectivity index (χ0) is 20.5. The van der Waals surface area contributed by atoms with Crippen LogP contribution < -0.4 is 20.1 Å². The Bertz CT molecular complexity index is 824. The fourth-order valence-corrected chi connectivity index (χ4v) is 2.54. The van der Waals surface area contributed by atoms with Crippen LogP contribution in [0.2, 0.25) is 0 Å². The molecule has 0 aliphatic heterocycles. The molecule has 2 rings (SSSR count). The first-order chi connectivity index (χ1) is 13.5. The molecule has 2 aromatic rings. The second kappa shape index (κ2) is 10.1. The highest BCUT2D eigenvalue weighted by atomic mass is 19.1. The number of hydrogen-bond acceptors (Lipinski definition) is 6. The van der Waals surface area contributed by atoms with Gasteiger partial charge in [0.1, 0.15) is 5.82 Å². The lowest BCUT2D eigenvalue weighted by molar-refractivity contribution is -0.119. The van der Waals surface area contributed by atoms with Crippen molar-refractivity contribution in [3.05, 3.63) is 53.3 Å². The summed E-state index contributed by atoms with van der Waals surface area (Å²) in [4.78, 5) is 24.1. The van der Waals surface area contributed by atoms with Gasteiger partial charge in [0.25, 0.3) is 0 Å². The van der Waals surface area contributed by atoms with Gasteiger partial charge in [-0.05, 0) is 24.1 Å². The Labute approximate surface area is 162 Å². The predicted molar refractivity (Wildman–Crippen MR) is 102 cm³/mol. The Kier molecular flexibility index (Phi) is 7.62. The highest BCUT2D eigenvalue weighted by Gasteiger charge is 2.18. The van der Waals surface area contributed by atoms with Crippen LogP contribution in [0.5, 0.6) is 11.5 Å². The highest BCUT2D eigenvalue weighted by Crippen LogP contribution is 2.33. The number of hydrogen-bond donors (Lipinski definition) is 2. The first-order valence-corrected chi connectivity index (χ1v) is 8.57. The van der Waals surface area contributed by atoms with Crippen LogP contribution in [0.15, 0.2) is 36.4 Å². The van der Waals surface area contributed by atoms with E-state index in [-0.39, 0.29) is 23.8 Å². The topological polar surface area (TPSA) is 85.9 Å². The van der Waals surface area contributed by atoms with Crippen molar-refractivity contribution < 1.29 is 28.2 Å². The summed E-state index contributed by atoms with van der Waals surface area (Å²) in [5, 5.41) is 5.67. The minimum absolute atomic E-state index is 0.0527. The van der Waals surface area contributed by atoms with Crippen molar-refractivity contribution in [1.29, 1.82) is 0 Å². The number of esters is 1. The van der Waals surface area contributed by atoms with E-state index < -0.39 is 5.97 Å². The summed E-state index contributed by atoms with van der Waals surface area (Å²) < 4.78 is 28.1. The zero-order valence-electron chi connectivity index (χ0n) is 16.0. The third-order valence-electron chi connectivity index (χ3n) is 4.02. The summed E-state index contributed by atoms with van der Waals surface area (Å²) in [5.41, 5.74) is 1.53. The monoisotopic (exact) mass is 390 g/mol. The van der Waals surface area contributed by atoms with Crippen molar-refractivity contribution in [3.8, 4) is 11.5 Å². The molecular formula is C20H23FN2O5.